The molecule has 2 rings (SSSR count). The Morgan fingerprint density at radius 1 is 1.07 bits per heavy atom. The van der Waals surface area contributed by atoms with Crippen LogP contribution in [-0.2, 0) is 6.18 Å². The lowest BCUT2D eigenvalue weighted by molar-refractivity contribution is -0.137. The highest BCUT2D eigenvalue weighted by molar-refractivity contribution is 6.42. The Balaban J connectivity index is 2.53. The van der Waals surface area contributed by atoms with Gasteiger partial charge in [0.15, 0.2) is 12.1 Å². The number of halogens is 5. The first-order valence-corrected chi connectivity index (χ1v) is 8.57. The van der Waals surface area contributed by atoms with Crippen molar-refractivity contribution in [3.63, 3.8) is 0 Å². The minimum Gasteiger partial charge on any atom is -0.298 e. The Morgan fingerprint density at radius 2 is 1.63 bits per heavy atom. The van der Waals surface area contributed by atoms with Gasteiger partial charge in [0.2, 0.25) is 0 Å². The van der Waals surface area contributed by atoms with Gasteiger partial charge in [-0.15, -0.1) is 0 Å². The van der Waals surface area contributed by atoms with Crippen molar-refractivity contribution in [1.82, 2.24) is 0 Å². The summed E-state index contributed by atoms with van der Waals surface area (Å²) in [6.45, 7) is 4.59. The van der Waals surface area contributed by atoms with Crippen molar-refractivity contribution in [2.24, 2.45) is 0 Å². The Bertz CT molecular complexity index is 937. The van der Waals surface area contributed by atoms with Crippen LogP contribution < -0.4 is 0 Å². The van der Waals surface area contributed by atoms with Gasteiger partial charge in [0, 0.05) is 5.56 Å². The van der Waals surface area contributed by atoms with E-state index in [0.29, 0.717) is 23.0 Å². The number of rotatable bonds is 4. The molecule has 0 saturated heterocycles. The first kappa shape index (κ1) is 21.2. The lowest BCUT2D eigenvalue weighted by atomic mass is 9.95. The molecule has 0 aliphatic carbocycles. The second-order valence-electron chi connectivity index (χ2n) is 6.12. The third-order valence-electron chi connectivity index (χ3n) is 4.12. The molecule has 142 valence electrons. The van der Waals surface area contributed by atoms with Gasteiger partial charge in [0.05, 0.1) is 21.2 Å². The number of Topliss-reactive ketones (excluding diaryl/α,β-unsaturated/α-hetero) is 1. The minimum atomic E-state index is -4.45. The highest BCUT2D eigenvalue weighted by Crippen LogP contribution is 2.34. The maximum absolute atomic E-state index is 12.9. The first-order chi connectivity index (χ1) is 12.5. The topological polar surface area (TPSA) is 34.1 Å². The number of aldehydes is 1. The van der Waals surface area contributed by atoms with Crippen LogP contribution in [-0.4, -0.2) is 12.1 Å². The molecule has 0 N–H and O–H groups in total. The molecule has 0 aliphatic rings. The summed E-state index contributed by atoms with van der Waals surface area (Å²) in [4.78, 5) is 23.8. The number of benzene rings is 2. The molecular weight excluding hydrogens is 400 g/mol. The van der Waals surface area contributed by atoms with Crippen LogP contribution in [0.5, 0.6) is 0 Å². The summed E-state index contributed by atoms with van der Waals surface area (Å²) < 4.78 is 38.8. The molecule has 0 saturated carbocycles. The van der Waals surface area contributed by atoms with E-state index >= 15 is 0 Å². The van der Waals surface area contributed by atoms with Gasteiger partial charge in [-0.05, 0) is 73.4 Å². The predicted molar refractivity (Wildman–Crippen MR) is 101 cm³/mol. The van der Waals surface area contributed by atoms with Crippen LogP contribution >= 0.6 is 23.2 Å². The average molecular weight is 415 g/mol. The van der Waals surface area contributed by atoms with Crippen LogP contribution in [0.1, 0.15) is 49.9 Å². The van der Waals surface area contributed by atoms with Crippen molar-refractivity contribution >= 4 is 41.3 Å². The van der Waals surface area contributed by atoms with Gasteiger partial charge < -0.3 is 0 Å². The second kappa shape index (κ2) is 7.87. The monoisotopic (exact) mass is 414 g/mol. The van der Waals surface area contributed by atoms with Crippen LogP contribution in [0.15, 0.2) is 29.8 Å². The van der Waals surface area contributed by atoms with E-state index < -0.39 is 17.5 Å². The maximum Gasteiger partial charge on any atom is 0.416 e. The normalized spacial score (nSPS) is 12.2. The molecule has 0 fully saturated rings. The molecule has 0 heterocycles. The highest BCUT2D eigenvalue weighted by Gasteiger charge is 2.31. The summed E-state index contributed by atoms with van der Waals surface area (Å²) in [5.74, 6) is -0.507. The largest absolute Gasteiger partial charge is 0.416 e. The van der Waals surface area contributed by atoms with Gasteiger partial charge >= 0.3 is 6.18 Å². The van der Waals surface area contributed by atoms with Gasteiger partial charge in [-0.3, -0.25) is 9.59 Å². The number of carbonyl (C=O) groups is 2. The number of carbonyl (C=O) groups excluding carboxylic acids is 2. The molecule has 2 aromatic carbocycles. The zero-order valence-electron chi connectivity index (χ0n) is 14.7. The standard InChI is InChI=1S/C20H15Cl2F3O2/c1-10-6-14(20(23,24)25)7-11(2)15(10)8-12(3)19(27)17-16(21)5-4-13(9-26)18(17)22/h4-9H,1-3H3/b12-8+. The Kier molecular flexibility index (Phi) is 6.17. The summed E-state index contributed by atoms with van der Waals surface area (Å²) in [5.41, 5.74) is 0.864. The third kappa shape index (κ3) is 4.42. The SMILES string of the molecule is C/C(=C\c1c(C)cc(C(F)(F)F)cc1C)C(=O)c1c(Cl)ccc(C=O)c1Cl. The molecule has 2 nitrogen and oxygen atoms in total. The van der Waals surface area contributed by atoms with Gasteiger partial charge in [-0.2, -0.15) is 13.2 Å². The lowest BCUT2D eigenvalue weighted by Crippen LogP contribution is -2.07. The third-order valence-corrected chi connectivity index (χ3v) is 4.84. The van der Waals surface area contributed by atoms with Crippen LogP contribution in [0.25, 0.3) is 6.08 Å². The van der Waals surface area contributed by atoms with Gasteiger partial charge in [-0.1, -0.05) is 23.2 Å². The molecule has 0 unspecified atom stereocenters. The number of hydrogen-bond donors (Lipinski definition) is 0. The maximum atomic E-state index is 12.9. The van der Waals surface area contributed by atoms with E-state index in [1.165, 1.54) is 25.1 Å². The van der Waals surface area contributed by atoms with E-state index in [1.54, 1.807) is 13.8 Å². The Labute approximate surface area is 164 Å². The lowest BCUT2D eigenvalue weighted by Gasteiger charge is -2.13. The fourth-order valence-electron chi connectivity index (χ4n) is 2.71. The number of ketones is 1. The molecule has 2 aromatic rings. The Morgan fingerprint density at radius 3 is 2.11 bits per heavy atom. The minimum absolute atomic E-state index is 0.0149. The quantitative estimate of drug-likeness (QED) is 0.315. The summed E-state index contributed by atoms with van der Waals surface area (Å²) >= 11 is 12.2. The number of hydrogen-bond acceptors (Lipinski definition) is 2. The van der Waals surface area contributed by atoms with Gasteiger partial charge in [-0.25, -0.2) is 0 Å². The molecule has 7 heteroatoms. The van der Waals surface area contributed by atoms with Crippen LogP contribution in [0.3, 0.4) is 0 Å². The Hall–Kier alpha value is -2.11. The van der Waals surface area contributed by atoms with Gasteiger partial charge in [0.1, 0.15) is 0 Å². The summed E-state index contributed by atoms with van der Waals surface area (Å²) in [7, 11) is 0. The van der Waals surface area contributed by atoms with E-state index in [0.717, 1.165) is 12.1 Å². The summed E-state index contributed by atoms with van der Waals surface area (Å²) in [5, 5.41) is 0.0281. The fourth-order valence-corrected chi connectivity index (χ4v) is 3.30. The van der Waals surface area contributed by atoms with E-state index in [-0.39, 0.29) is 26.7 Å². The van der Waals surface area contributed by atoms with Gasteiger partial charge in [0.25, 0.3) is 0 Å². The first-order valence-electron chi connectivity index (χ1n) is 7.82. The predicted octanol–water partition coefficient (Wildman–Crippen LogP) is 6.73. The molecular formula is C20H15Cl2F3O2. The average Bonchev–Trinajstić information content (AvgIpc) is 2.57. The summed E-state index contributed by atoms with van der Waals surface area (Å²) in [6, 6.07) is 4.86. The molecule has 27 heavy (non-hydrogen) atoms. The molecule has 0 aliphatic heterocycles. The van der Waals surface area contributed by atoms with E-state index in [9.17, 15) is 22.8 Å². The van der Waals surface area contributed by atoms with Crippen LogP contribution in [0.2, 0.25) is 10.0 Å². The van der Waals surface area contributed by atoms with Crippen molar-refractivity contribution in [3.05, 3.63) is 73.3 Å². The summed E-state index contributed by atoms with van der Waals surface area (Å²) in [6.07, 6.45) is -2.44. The fraction of sp³-hybridized carbons (Fsp3) is 0.200. The molecule has 0 aromatic heterocycles. The molecule has 0 spiro atoms. The zero-order chi connectivity index (χ0) is 20.5. The molecule has 0 bridgehead atoms. The zero-order valence-corrected chi connectivity index (χ0v) is 16.2. The second-order valence-corrected chi connectivity index (χ2v) is 6.91. The molecule has 0 amide bonds. The number of alkyl halides is 3. The number of aryl methyl sites for hydroxylation is 2. The van der Waals surface area contributed by atoms with Crippen molar-refractivity contribution in [2.45, 2.75) is 26.9 Å². The van der Waals surface area contributed by atoms with Crippen molar-refractivity contribution in [1.29, 1.82) is 0 Å². The van der Waals surface area contributed by atoms with Crippen molar-refractivity contribution in [3.8, 4) is 0 Å². The molecule has 0 atom stereocenters. The number of allylic oxidation sites excluding steroid dienone is 1. The van der Waals surface area contributed by atoms with Crippen LogP contribution in [0, 0.1) is 13.8 Å². The van der Waals surface area contributed by atoms with Crippen molar-refractivity contribution < 1.29 is 22.8 Å². The smallest absolute Gasteiger partial charge is 0.298 e. The molecule has 0 radical (unpaired) electrons. The van der Waals surface area contributed by atoms with E-state index in [2.05, 4.69) is 0 Å². The van der Waals surface area contributed by atoms with E-state index in [1.807, 2.05) is 0 Å². The highest BCUT2D eigenvalue weighted by atomic mass is 35.5. The van der Waals surface area contributed by atoms with Crippen molar-refractivity contribution in [2.75, 3.05) is 0 Å². The van der Waals surface area contributed by atoms with E-state index in [4.69, 9.17) is 23.2 Å². The van der Waals surface area contributed by atoms with Crippen LogP contribution in [0.4, 0.5) is 13.2 Å².